The van der Waals surface area contributed by atoms with Gasteiger partial charge >= 0.3 is 0 Å². The van der Waals surface area contributed by atoms with Crippen LogP contribution in [0.1, 0.15) is 46.1 Å². The third-order valence-electron chi connectivity index (χ3n) is 5.85. The summed E-state index contributed by atoms with van der Waals surface area (Å²) in [6, 6.07) is 18.9. The lowest BCUT2D eigenvalue weighted by Gasteiger charge is -2.28. The number of carbonyl (C=O) groups is 1. The number of rotatable bonds is 8. The van der Waals surface area contributed by atoms with Crippen LogP contribution in [0.5, 0.6) is 0 Å². The molecule has 0 spiro atoms. The fourth-order valence-electron chi connectivity index (χ4n) is 4.21. The van der Waals surface area contributed by atoms with Crippen LogP contribution in [-0.2, 0) is 25.9 Å². The van der Waals surface area contributed by atoms with Crippen molar-refractivity contribution in [3.05, 3.63) is 88.7 Å². The van der Waals surface area contributed by atoms with E-state index in [9.17, 15) is 4.79 Å². The van der Waals surface area contributed by atoms with Gasteiger partial charge in [0.25, 0.3) is 5.91 Å². The second-order valence-corrected chi connectivity index (χ2v) is 7.91. The first-order chi connectivity index (χ1) is 14.7. The number of amides is 1. The Morgan fingerprint density at radius 2 is 1.83 bits per heavy atom. The Kier molecular flexibility index (Phi) is 6.60. The van der Waals surface area contributed by atoms with Crippen LogP contribution in [0, 0.1) is 0 Å². The van der Waals surface area contributed by atoms with Crippen LogP contribution in [0.2, 0.25) is 0 Å². The summed E-state index contributed by atoms with van der Waals surface area (Å²) in [5, 5.41) is 7.56. The predicted molar refractivity (Wildman–Crippen MR) is 120 cm³/mol. The van der Waals surface area contributed by atoms with E-state index in [0.29, 0.717) is 18.7 Å². The number of benzene rings is 2. The number of hydrogen-bond donors (Lipinski definition) is 1. The lowest BCUT2D eigenvalue weighted by Crippen LogP contribution is -2.33. The van der Waals surface area contributed by atoms with Gasteiger partial charge in [-0.25, -0.2) is 0 Å². The van der Waals surface area contributed by atoms with Crippen molar-refractivity contribution in [2.24, 2.45) is 0 Å². The molecule has 0 saturated carbocycles. The van der Waals surface area contributed by atoms with Crippen molar-refractivity contribution in [1.29, 1.82) is 0 Å². The highest BCUT2D eigenvalue weighted by Gasteiger charge is 2.17. The lowest BCUT2D eigenvalue weighted by molar-refractivity contribution is 0.0950. The van der Waals surface area contributed by atoms with Crippen molar-refractivity contribution in [3.8, 4) is 0 Å². The molecule has 0 aliphatic carbocycles. The third kappa shape index (κ3) is 4.79. The van der Waals surface area contributed by atoms with E-state index in [2.05, 4.69) is 58.6 Å². The molecule has 1 aromatic heterocycles. The highest BCUT2D eigenvalue weighted by molar-refractivity contribution is 5.95. The van der Waals surface area contributed by atoms with E-state index in [1.54, 1.807) is 6.20 Å². The van der Waals surface area contributed by atoms with Gasteiger partial charge in [0.1, 0.15) is 0 Å². The maximum Gasteiger partial charge on any atom is 0.254 e. The molecule has 2 aromatic carbocycles. The molecule has 156 valence electrons. The monoisotopic (exact) mass is 402 g/mol. The van der Waals surface area contributed by atoms with Gasteiger partial charge in [0.2, 0.25) is 0 Å². The number of aromatic nitrogens is 2. The quantitative estimate of drug-likeness (QED) is 0.585. The van der Waals surface area contributed by atoms with Gasteiger partial charge in [0.15, 0.2) is 0 Å². The van der Waals surface area contributed by atoms with Crippen LogP contribution in [-0.4, -0.2) is 40.2 Å². The predicted octanol–water partition coefficient (Wildman–Crippen LogP) is 3.67. The molecule has 0 atom stereocenters. The van der Waals surface area contributed by atoms with Crippen LogP contribution in [0.25, 0.3) is 0 Å². The van der Waals surface area contributed by atoms with Crippen molar-refractivity contribution in [1.82, 2.24) is 20.0 Å². The van der Waals surface area contributed by atoms with Crippen LogP contribution >= 0.6 is 0 Å². The molecule has 0 bridgehead atoms. The normalized spacial score (nSPS) is 13.8. The number of hydrogen-bond acceptors (Lipinski definition) is 3. The zero-order chi connectivity index (χ0) is 20.8. The second kappa shape index (κ2) is 9.72. The molecule has 0 saturated heterocycles. The fraction of sp³-hybridized carbons (Fsp3) is 0.360. The van der Waals surface area contributed by atoms with Crippen LogP contribution in [0.3, 0.4) is 0 Å². The van der Waals surface area contributed by atoms with E-state index in [0.717, 1.165) is 44.6 Å². The first kappa shape index (κ1) is 20.4. The summed E-state index contributed by atoms with van der Waals surface area (Å²) in [5.41, 5.74) is 5.78. The molecular formula is C25H30N4O. The van der Waals surface area contributed by atoms with E-state index in [1.165, 1.54) is 16.7 Å². The highest BCUT2D eigenvalue weighted by atomic mass is 16.1. The fourth-order valence-corrected chi connectivity index (χ4v) is 4.21. The Morgan fingerprint density at radius 3 is 2.63 bits per heavy atom. The molecule has 1 aliphatic heterocycles. The number of nitrogens with one attached hydrogen (secondary N) is 1. The Morgan fingerprint density at radius 1 is 1.07 bits per heavy atom. The summed E-state index contributed by atoms with van der Waals surface area (Å²) in [7, 11) is 0. The maximum absolute atomic E-state index is 12.7. The van der Waals surface area contributed by atoms with Crippen LogP contribution in [0.15, 0.2) is 60.8 Å². The zero-order valence-electron chi connectivity index (χ0n) is 17.7. The van der Waals surface area contributed by atoms with Gasteiger partial charge in [0.05, 0.1) is 24.0 Å². The maximum atomic E-state index is 12.7. The Labute approximate surface area is 178 Å². The van der Waals surface area contributed by atoms with E-state index < -0.39 is 0 Å². The summed E-state index contributed by atoms with van der Waals surface area (Å²) >= 11 is 0. The van der Waals surface area contributed by atoms with Gasteiger partial charge in [-0.3, -0.25) is 14.4 Å². The van der Waals surface area contributed by atoms with Gasteiger partial charge in [-0.15, -0.1) is 0 Å². The lowest BCUT2D eigenvalue weighted by atomic mass is 10.00. The summed E-state index contributed by atoms with van der Waals surface area (Å²) in [5.74, 6) is -0.0184. The third-order valence-corrected chi connectivity index (χ3v) is 5.85. The highest BCUT2D eigenvalue weighted by Crippen LogP contribution is 2.18. The Hall–Kier alpha value is -2.92. The van der Waals surface area contributed by atoms with Gasteiger partial charge in [-0.2, -0.15) is 5.10 Å². The number of nitrogens with zero attached hydrogens (tertiary/aromatic N) is 3. The van der Waals surface area contributed by atoms with Crippen LogP contribution < -0.4 is 5.32 Å². The van der Waals surface area contributed by atoms with E-state index in [-0.39, 0.29) is 5.91 Å². The van der Waals surface area contributed by atoms with Gasteiger partial charge in [-0.1, -0.05) is 61.5 Å². The number of carbonyl (C=O) groups excluding carboxylic acids is 1. The Bertz CT molecular complexity index is 980. The molecule has 4 rings (SSSR count). The van der Waals surface area contributed by atoms with E-state index in [4.69, 9.17) is 0 Å². The molecule has 5 nitrogen and oxygen atoms in total. The first-order valence-electron chi connectivity index (χ1n) is 10.9. The Balaban J connectivity index is 1.27. The molecule has 1 aliphatic rings. The molecule has 1 amide bonds. The molecule has 5 heteroatoms. The summed E-state index contributed by atoms with van der Waals surface area (Å²) in [4.78, 5) is 15.2. The minimum absolute atomic E-state index is 0.0184. The van der Waals surface area contributed by atoms with E-state index >= 15 is 0 Å². The molecule has 2 heterocycles. The van der Waals surface area contributed by atoms with Gasteiger partial charge < -0.3 is 5.32 Å². The first-order valence-corrected chi connectivity index (χ1v) is 10.9. The second-order valence-electron chi connectivity index (χ2n) is 7.91. The molecule has 1 N–H and O–H groups in total. The molecule has 0 fully saturated rings. The zero-order valence-corrected chi connectivity index (χ0v) is 17.7. The smallest absolute Gasteiger partial charge is 0.254 e. The molecule has 0 radical (unpaired) electrons. The van der Waals surface area contributed by atoms with Gasteiger partial charge in [-0.05, 0) is 36.0 Å². The molecule has 0 unspecified atom stereocenters. The minimum atomic E-state index is -0.0184. The largest absolute Gasteiger partial charge is 0.352 e. The molecule has 30 heavy (non-hydrogen) atoms. The van der Waals surface area contributed by atoms with Crippen molar-refractivity contribution in [2.45, 2.75) is 39.3 Å². The summed E-state index contributed by atoms with van der Waals surface area (Å²) in [6.45, 7) is 6.55. The summed E-state index contributed by atoms with van der Waals surface area (Å²) < 4.78 is 1.94. The number of fused-ring (bicyclic) bond motifs is 1. The van der Waals surface area contributed by atoms with Crippen molar-refractivity contribution < 1.29 is 4.79 Å². The van der Waals surface area contributed by atoms with Crippen molar-refractivity contribution in [3.63, 3.8) is 0 Å². The molecule has 3 aromatic rings. The standard InChI is InChI=1S/C25H30N4O/c1-2-24-23(17-27-29(24)18-20-9-4-3-5-10-20)25(30)26-14-8-15-28-16-13-21-11-6-7-12-22(21)19-28/h3-7,9-12,17H,2,8,13-16,18-19H2,1H3,(H,26,30). The minimum Gasteiger partial charge on any atom is -0.352 e. The van der Waals surface area contributed by atoms with Crippen molar-refractivity contribution in [2.75, 3.05) is 19.6 Å². The topological polar surface area (TPSA) is 50.2 Å². The van der Waals surface area contributed by atoms with Crippen LogP contribution in [0.4, 0.5) is 0 Å². The van der Waals surface area contributed by atoms with Gasteiger partial charge in [0, 0.05) is 26.2 Å². The molecular weight excluding hydrogens is 372 g/mol. The van der Waals surface area contributed by atoms with E-state index in [1.807, 2.05) is 22.9 Å². The average Bonchev–Trinajstić information content (AvgIpc) is 3.19. The summed E-state index contributed by atoms with van der Waals surface area (Å²) in [6.07, 6.45) is 4.55. The SMILES string of the molecule is CCc1c(C(=O)NCCCN2CCc3ccccc3C2)cnn1Cc1ccccc1. The average molecular weight is 403 g/mol. The van der Waals surface area contributed by atoms with Crippen molar-refractivity contribution >= 4 is 5.91 Å².